The molecule has 124 valence electrons. The summed E-state index contributed by atoms with van der Waals surface area (Å²) in [5.41, 5.74) is 0. The largest absolute Gasteiger partial charge is 0.480 e. The number of rotatable bonds is 7. The highest BCUT2D eigenvalue weighted by molar-refractivity contribution is 7.92. The van der Waals surface area contributed by atoms with Crippen LogP contribution >= 0.6 is 0 Å². The summed E-state index contributed by atoms with van der Waals surface area (Å²) in [5, 5.41) is 9.07. The molecule has 1 atom stereocenters. The molecule has 0 saturated carbocycles. The van der Waals surface area contributed by atoms with Gasteiger partial charge in [0.2, 0.25) is 20.0 Å². The van der Waals surface area contributed by atoms with Crippen LogP contribution in [0.4, 0.5) is 0 Å². The van der Waals surface area contributed by atoms with Gasteiger partial charge in [-0.25, -0.2) is 21.6 Å². The fourth-order valence-electron chi connectivity index (χ4n) is 1.71. The number of carbonyl (C=O) groups is 1. The fraction of sp³-hybridized carbons (Fsp3) is 0.417. The minimum Gasteiger partial charge on any atom is -0.480 e. The zero-order valence-electron chi connectivity index (χ0n) is 12.3. The van der Waals surface area contributed by atoms with Crippen LogP contribution in [-0.4, -0.2) is 41.0 Å². The summed E-state index contributed by atoms with van der Waals surface area (Å²) < 4.78 is 52.6. The highest BCUT2D eigenvalue weighted by Gasteiger charge is 2.31. The Bertz CT molecular complexity index is 756. The van der Waals surface area contributed by atoms with Crippen LogP contribution in [0, 0.1) is 5.92 Å². The minimum atomic E-state index is -4.32. The zero-order valence-corrected chi connectivity index (χ0v) is 13.9. The molecule has 0 aliphatic heterocycles. The number of benzene rings is 1. The van der Waals surface area contributed by atoms with Gasteiger partial charge in [-0.1, -0.05) is 26.0 Å². The fourth-order valence-corrected chi connectivity index (χ4v) is 4.60. The molecule has 0 aliphatic rings. The first kappa shape index (κ1) is 18.6. The van der Waals surface area contributed by atoms with Crippen molar-refractivity contribution >= 4 is 26.0 Å². The average molecular weight is 350 g/mol. The lowest BCUT2D eigenvalue weighted by molar-refractivity contribution is -0.140. The van der Waals surface area contributed by atoms with Gasteiger partial charge in [-0.3, -0.25) is 4.79 Å². The molecule has 0 heterocycles. The topological polar surface area (TPSA) is 130 Å². The van der Waals surface area contributed by atoms with Gasteiger partial charge >= 0.3 is 5.97 Å². The van der Waals surface area contributed by atoms with Crippen molar-refractivity contribution in [3.63, 3.8) is 0 Å². The molecule has 0 amide bonds. The van der Waals surface area contributed by atoms with Crippen LogP contribution in [0.3, 0.4) is 0 Å². The average Bonchev–Trinajstić information content (AvgIpc) is 2.44. The van der Waals surface area contributed by atoms with Crippen molar-refractivity contribution in [2.24, 2.45) is 5.92 Å². The lowest BCUT2D eigenvalue weighted by atomic mass is 10.1. The van der Waals surface area contributed by atoms with E-state index in [1.54, 1.807) is 0 Å². The summed E-state index contributed by atoms with van der Waals surface area (Å²) >= 11 is 0. The van der Waals surface area contributed by atoms with E-state index in [1.165, 1.54) is 26.0 Å². The van der Waals surface area contributed by atoms with E-state index in [0.717, 1.165) is 19.2 Å². The molecule has 10 heteroatoms. The predicted molar refractivity (Wildman–Crippen MR) is 79.3 cm³/mol. The van der Waals surface area contributed by atoms with Crippen LogP contribution < -0.4 is 9.44 Å². The maximum absolute atomic E-state index is 12.4. The van der Waals surface area contributed by atoms with Crippen molar-refractivity contribution in [1.82, 2.24) is 9.44 Å². The third-order valence-corrected chi connectivity index (χ3v) is 6.01. The Kier molecular flexibility index (Phi) is 5.68. The van der Waals surface area contributed by atoms with Gasteiger partial charge < -0.3 is 5.11 Å². The van der Waals surface area contributed by atoms with Crippen molar-refractivity contribution in [2.75, 3.05) is 7.05 Å². The van der Waals surface area contributed by atoms with Crippen molar-refractivity contribution in [1.29, 1.82) is 0 Å². The van der Waals surface area contributed by atoms with Gasteiger partial charge in [-0.2, -0.15) is 4.72 Å². The third-order valence-electron chi connectivity index (χ3n) is 2.91. The highest BCUT2D eigenvalue weighted by atomic mass is 32.2. The molecular formula is C12H18N2O6S2. The molecule has 0 unspecified atom stereocenters. The summed E-state index contributed by atoms with van der Waals surface area (Å²) in [5.74, 6) is -1.85. The van der Waals surface area contributed by atoms with Gasteiger partial charge in [-0.05, 0) is 25.1 Å². The number of carboxylic acid groups (broad SMARTS) is 1. The molecule has 0 radical (unpaired) electrons. The first-order chi connectivity index (χ1) is 10.0. The Morgan fingerprint density at radius 3 is 1.86 bits per heavy atom. The Morgan fingerprint density at radius 2 is 1.50 bits per heavy atom. The molecule has 1 aromatic rings. The molecule has 1 rings (SSSR count). The zero-order chi connectivity index (χ0) is 17.1. The second-order valence-electron chi connectivity index (χ2n) is 4.84. The van der Waals surface area contributed by atoms with Gasteiger partial charge in [0.15, 0.2) is 0 Å². The van der Waals surface area contributed by atoms with Crippen LogP contribution in [-0.2, 0) is 24.8 Å². The number of carboxylic acids is 1. The van der Waals surface area contributed by atoms with Crippen LogP contribution in [0.1, 0.15) is 13.8 Å². The lowest BCUT2D eigenvalue weighted by Gasteiger charge is -2.19. The Morgan fingerprint density at radius 1 is 1.05 bits per heavy atom. The van der Waals surface area contributed by atoms with Crippen LogP contribution in [0.15, 0.2) is 34.1 Å². The molecule has 3 N–H and O–H groups in total. The van der Waals surface area contributed by atoms with Gasteiger partial charge in [0.1, 0.15) is 15.8 Å². The molecule has 8 nitrogen and oxygen atoms in total. The van der Waals surface area contributed by atoms with E-state index in [0.29, 0.717) is 0 Å². The quantitative estimate of drug-likeness (QED) is 0.634. The normalized spacial score (nSPS) is 14.0. The van der Waals surface area contributed by atoms with E-state index in [9.17, 15) is 21.6 Å². The van der Waals surface area contributed by atoms with Gasteiger partial charge in [0.05, 0.1) is 0 Å². The minimum absolute atomic E-state index is 0.446. The second kappa shape index (κ2) is 6.73. The van der Waals surface area contributed by atoms with Crippen LogP contribution in [0.5, 0.6) is 0 Å². The predicted octanol–water partition coefficient (Wildman–Crippen LogP) is -0.0178. The highest BCUT2D eigenvalue weighted by Crippen LogP contribution is 2.21. The van der Waals surface area contributed by atoms with Crippen LogP contribution in [0.25, 0.3) is 0 Å². The van der Waals surface area contributed by atoms with Crippen molar-refractivity contribution in [2.45, 2.75) is 29.7 Å². The van der Waals surface area contributed by atoms with E-state index in [4.69, 9.17) is 5.11 Å². The number of sulfonamides is 2. The SMILES string of the molecule is CNS(=O)(=O)c1ccccc1S(=O)(=O)N[C@@H](C(=O)O)C(C)C. The number of hydrogen-bond donors (Lipinski definition) is 3. The molecule has 1 aromatic carbocycles. The molecule has 22 heavy (non-hydrogen) atoms. The maximum atomic E-state index is 12.4. The Balaban J connectivity index is 3.40. The number of aliphatic carboxylic acids is 1. The monoisotopic (exact) mass is 350 g/mol. The summed E-state index contributed by atoms with van der Waals surface area (Å²) in [6.07, 6.45) is 0. The second-order valence-corrected chi connectivity index (χ2v) is 8.37. The molecule has 0 aliphatic carbocycles. The first-order valence-electron chi connectivity index (χ1n) is 6.30. The third kappa shape index (κ3) is 4.03. The van der Waals surface area contributed by atoms with Crippen LogP contribution in [0.2, 0.25) is 0 Å². The van der Waals surface area contributed by atoms with Gasteiger partial charge in [-0.15, -0.1) is 0 Å². The maximum Gasteiger partial charge on any atom is 0.322 e. The molecule has 0 fully saturated rings. The van der Waals surface area contributed by atoms with Gasteiger partial charge in [0.25, 0.3) is 0 Å². The van der Waals surface area contributed by atoms with E-state index in [2.05, 4.69) is 0 Å². The molecule has 0 aromatic heterocycles. The first-order valence-corrected chi connectivity index (χ1v) is 9.27. The van der Waals surface area contributed by atoms with E-state index < -0.39 is 47.8 Å². The lowest BCUT2D eigenvalue weighted by Crippen LogP contribution is -2.44. The molecular weight excluding hydrogens is 332 g/mol. The van der Waals surface area contributed by atoms with Crippen molar-refractivity contribution < 1.29 is 26.7 Å². The molecule has 0 bridgehead atoms. The Hall–Kier alpha value is -1.49. The van der Waals surface area contributed by atoms with Gasteiger partial charge in [0, 0.05) is 0 Å². The summed E-state index contributed by atoms with van der Waals surface area (Å²) in [6, 6.07) is 3.60. The van der Waals surface area contributed by atoms with Crippen molar-refractivity contribution in [3.8, 4) is 0 Å². The van der Waals surface area contributed by atoms with Crippen molar-refractivity contribution in [3.05, 3.63) is 24.3 Å². The molecule has 0 spiro atoms. The summed E-state index contributed by atoms with van der Waals surface area (Å²) in [6.45, 7) is 3.08. The van der Waals surface area contributed by atoms with E-state index in [-0.39, 0.29) is 0 Å². The van der Waals surface area contributed by atoms with E-state index in [1.807, 2.05) is 9.44 Å². The number of hydrogen-bond acceptors (Lipinski definition) is 5. The smallest absolute Gasteiger partial charge is 0.322 e. The van der Waals surface area contributed by atoms with E-state index >= 15 is 0 Å². The standard InChI is InChI=1S/C12H18N2O6S2/c1-8(2)11(12(15)16)14-22(19,20)10-7-5-4-6-9(10)21(17,18)13-3/h4-8,11,13-14H,1-3H3,(H,15,16)/t11-/m1/s1. The summed E-state index contributed by atoms with van der Waals surface area (Å²) in [4.78, 5) is 10.2. The summed E-state index contributed by atoms with van der Waals surface area (Å²) in [7, 11) is -7.18. The molecule has 0 saturated heterocycles. The number of nitrogens with one attached hydrogen (secondary N) is 2. The Labute approximate surface area is 129 Å².